The van der Waals surface area contributed by atoms with E-state index in [1.54, 1.807) is 16.0 Å². The van der Waals surface area contributed by atoms with Gasteiger partial charge in [-0.15, -0.1) is 11.3 Å². The molecule has 0 saturated heterocycles. The van der Waals surface area contributed by atoms with E-state index in [1.165, 1.54) is 6.20 Å². The first-order chi connectivity index (χ1) is 9.54. The molecule has 0 spiro atoms. The van der Waals surface area contributed by atoms with Gasteiger partial charge >= 0.3 is 0 Å². The second-order valence-electron chi connectivity index (χ2n) is 4.97. The summed E-state index contributed by atoms with van der Waals surface area (Å²) in [6.45, 7) is 6.73. The minimum Gasteiger partial charge on any atom is -0.396 e. The van der Waals surface area contributed by atoms with Gasteiger partial charge in [0.2, 0.25) is 0 Å². The molecule has 0 bridgehead atoms. The van der Waals surface area contributed by atoms with Crippen LogP contribution >= 0.6 is 11.3 Å². The number of rotatable bonds is 5. The third kappa shape index (κ3) is 2.85. The highest BCUT2D eigenvalue weighted by Crippen LogP contribution is 2.26. The number of nitrogen functional groups attached to an aromatic ring is 1. The summed E-state index contributed by atoms with van der Waals surface area (Å²) in [7, 11) is 0. The average molecular weight is 292 g/mol. The standard InChI is InChI=1S/C14H20N4OS/c1-4-18-13(10(15)8-16-18)14(19)17-12(9(2)3)11-6-5-7-20-11/h5-9,12H,4,15H2,1-3H3,(H,17,19). The minimum absolute atomic E-state index is 0.0119. The van der Waals surface area contributed by atoms with E-state index >= 15 is 0 Å². The van der Waals surface area contributed by atoms with E-state index in [9.17, 15) is 4.79 Å². The normalized spacial score (nSPS) is 12.6. The number of nitrogens with one attached hydrogen (secondary N) is 1. The van der Waals surface area contributed by atoms with Gasteiger partial charge in [0.25, 0.3) is 5.91 Å². The van der Waals surface area contributed by atoms with Crippen molar-refractivity contribution in [3.05, 3.63) is 34.3 Å². The van der Waals surface area contributed by atoms with E-state index in [0.717, 1.165) is 4.88 Å². The van der Waals surface area contributed by atoms with E-state index in [-0.39, 0.29) is 11.9 Å². The second kappa shape index (κ2) is 6.09. The van der Waals surface area contributed by atoms with Gasteiger partial charge in [-0.05, 0) is 24.3 Å². The highest BCUT2D eigenvalue weighted by atomic mass is 32.1. The summed E-state index contributed by atoms with van der Waals surface area (Å²) in [6, 6.07) is 4.02. The molecular weight excluding hydrogens is 272 g/mol. The van der Waals surface area contributed by atoms with Crippen LogP contribution in [-0.2, 0) is 6.54 Å². The molecule has 2 aromatic rings. The van der Waals surface area contributed by atoms with Crippen LogP contribution in [0.4, 0.5) is 5.69 Å². The number of anilines is 1. The number of thiophene rings is 1. The Bertz CT molecular complexity index is 574. The molecule has 0 aliphatic rings. The number of aromatic nitrogens is 2. The molecule has 2 rings (SSSR count). The summed E-state index contributed by atoms with van der Waals surface area (Å²) in [5, 5.41) is 9.19. The number of hydrogen-bond donors (Lipinski definition) is 2. The molecule has 1 unspecified atom stereocenters. The Morgan fingerprint density at radius 1 is 1.55 bits per heavy atom. The fraction of sp³-hybridized carbons (Fsp3) is 0.429. The van der Waals surface area contributed by atoms with Crippen molar-refractivity contribution >= 4 is 22.9 Å². The van der Waals surface area contributed by atoms with E-state index in [0.29, 0.717) is 23.8 Å². The van der Waals surface area contributed by atoms with Crippen molar-refractivity contribution in [1.82, 2.24) is 15.1 Å². The lowest BCUT2D eigenvalue weighted by Gasteiger charge is -2.21. The summed E-state index contributed by atoms with van der Waals surface area (Å²) in [6.07, 6.45) is 1.52. The van der Waals surface area contributed by atoms with Crippen molar-refractivity contribution in [3.63, 3.8) is 0 Å². The van der Waals surface area contributed by atoms with E-state index in [2.05, 4.69) is 24.3 Å². The first-order valence-corrected chi connectivity index (χ1v) is 7.58. The van der Waals surface area contributed by atoms with Gasteiger partial charge in [0.05, 0.1) is 17.9 Å². The molecule has 1 amide bonds. The Morgan fingerprint density at radius 3 is 2.85 bits per heavy atom. The molecule has 2 heterocycles. The fourth-order valence-electron chi connectivity index (χ4n) is 2.13. The molecule has 5 nitrogen and oxygen atoms in total. The minimum atomic E-state index is -0.172. The van der Waals surface area contributed by atoms with Crippen molar-refractivity contribution < 1.29 is 4.79 Å². The molecule has 0 saturated carbocycles. The summed E-state index contributed by atoms with van der Waals surface area (Å²) < 4.78 is 1.62. The van der Waals surface area contributed by atoms with Crippen molar-refractivity contribution in [2.75, 3.05) is 5.73 Å². The first-order valence-electron chi connectivity index (χ1n) is 6.70. The SMILES string of the molecule is CCn1ncc(N)c1C(=O)NC(c1cccs1)C(C)C. The predicted molar refractivity (Wildman–Crippen MR) is 81.7 cm³/mol. The zero-order chi connectivity index (χ0) is 14.7. The Labute approximate surface area is 122 Å². The van der Waals surface area contributed by atoms with Crippen LogP contribution in [0.15, 0.2) is 23.7 Å². The van der Waals surface area contributed by atoms with Gasteiger partial charge in [-0.25, -0.2) is 0 Å². The van der Waals surface area contributed by atoms with Crippen LogP contribution in [0.3, 0.4) is 0 Å². The molecule has 0 aliphatic carbocycles. The zero-order valence-corrected chi connectivity index (χ0v) is 12.8. The lowest BCUT2D eigenvalue weighted by molar-refractivity contribution is 0.0916. The molecule has 3 N–H and O–H groups in total. The fourth-order valence-corrected chi connectivity index (χ4v) is 3.08. The van der Waals surface area contributed by atoms with Crippen LogP contribution in [0.2, 0.25) is 0 Å². The maximum Gasteiger partial charge on any atom is 0.272 e. The van der Waals surface area contributed by atoms with Crippen LogP contribution in [0, 0.1) is 5.92 Å². The molecule has 20 heavy (non-hydrogen) atoms. The number of aryl methyl sites for hydroxylation is 1. The molecule has 0 radical (unpaired) electrons. The first kappa shape index (κ1) is 14.6. The van der Waals surface area contributed by atoms with Crippen LogP contribution in [0.5, 0.6) is 0 Å². The number of amides is 1. The van der Waals surface area contributed by atoms with Gasteiger partial charge in [-0.1, -0.05) is 19.9 Å². The molecule has 6 heteroatoms. The van der Waals surface area contributed by atoms with Gasteiger partial charge < -0.3 is 11.1 Å². The number of carbonyl (C=O) groups is 1. The molecular formula is C14H20N4OS. The summed E-state index contributed by atoms with van der Waals surface area (Å²) in [4.78, 5) is 13.6. The Balaban J connectivity index is 2.23. The quantitative estimate of drug-likeness (QED) is 0.890. The smallest absolute Gasteiger partial charge is 0.272 e. The summed E-state index contributed by atoms with van der Waals surface area (Å²) in [5.41, 5.74) is 6.70. The number of nitrogens with zero attached hydrogens (tertiary/aromatic N) is 2. The van der Waals surface area contributed by atoms with E-state index in [1.807, 2.05) is 24.4 Å². The molecule has 1 atom stereocenters. The Morgan fingerprint density at radius 2 is 2.30 bits per heavy atom. The zero-order valence-electron chi connectivity index (χ0n) is 12.0. The number of carbonyl (C=O) groups excluding carboxylic acids is 1. The van der Waals surface area contributed by atoms with Crippen LogP contribution < -0.4 is 11.1 Å². The molecule has 0 aromatic carbocycles. The third-order valence-electron chi connectivity index (χ3n) is 3.19. The van der Waals surface area contributed by atoms with Gasteiger partial charge in [-0.2, -0.15) is 5.10 Å². The van der Waals surface area contributed by atoms with Gasteiger partial charge in [0.1, 0.15) is 5.69 Å². The maximum absolute atomic E-state index is 12.5. The Hall–Kier alpha value is -1.82. The topological polar surface area (TPSA) is 72.9 Å². The van der Waals surface area contributed by atoms with E-state index < -0.39 is 0 Å². The lowest BCUT2D eigenvalue weighted by atomic mass is 10.0. The van der Waals surface area contributed by atoms with Crippen LogP contribution in [0.1, 0.15) is 42.2 Å². The highest BCUT2D eigenvalue weighted by molar-refractivity contribution is 7.10. The van der Waals surface area contributed by atoms with Gasteiger partial charge in [0, 0.05) is 11.4 Å². The van der Waals surface area contributed by atoms with Crippen molar-refractivity contribution in [2.45, 2.75) is 33.4 Å². The third-order valence-corrected chi connectivity index (χ3v) is 4.14. The van der Waals surface area contributed by atoms with Crippen molar-refractivity contribution in [3.8, 4) is 0 Å². The van der Waals surface area contributed by atoms with Crippen LogP contribution in [0.25, 0.3) is 0 Å². The van der Waals surface area contributed by atoms with Crippen molar-refractivity contribution in [2.24, 2.45) is 5.92 Å². The highest BCUT2D eigenvalue weighted by Gasteiger charge is 2.23. The van der Waals surface area contributed by atoms with Gasteiger partial charge in [-0.3, -0.25) is 9.48 Å². The van der Waals surface area contributed by atoms with Gasteiger partial charge in [0.15, 0.2) is 0 Å². The number of nitrogens with two attached hydrogens (primary N) is 1. The van der Waals surface area contributed by atoms with E-state index in [4.69, 9.17) is 5.73 Å². The molecule has 108 valence electrons. The predicted octanol–water partition coefficient (Wildman–Crippen LogP) is 2.67. The second-order valence-corrected chi connectivity index (χ2v) is 5.95. The lowest BCUT2D eigenvalue weighted by Crippen LogP contribution is -2.33. The Kier molecular flexibility index (Phi) is 4.44. The largest absolute Gasteiger partial charge is 0.396 e. The number of hydrogen-bond acceptors (Lipinski definition) is 4. The average Bonchev–Trinajstić information content (AvgIpc) is 3.04. The monoisotopic (exact) mass is 292 g/mol. The van der Waals surface area contributed by atoms with Crippen LogP contribution in [-0.4, -0.2) is 15.7 Å². The summed E-state index contributed by atoms with van der Waals surface area (Å²) in [5.74, 6) is 0.130. The molecule has 0 aliphatic heterocycles. The summed E-state index contributed by atoms with van der Waals surface area (Å²) >= 11 is 1.64. The molecule has 2 aromatic heterocycles. The maximum atomic E-state index is 12.5. The van der Waals surface area contributed by atoms with Crippen molar-refractivity contribution in [1.29, 1.82) is 0 Å². The molecule has 0 fully saturated rings.